The van der Waals surface area contributed by atoms with E-state index in [0.717, 1.165) is 12.1 Å². The fourth-order valence-corrected chi connectivity index (χ4v) is 4.70. The molecule has 1 aromatic carbocycles. The van der Waals surface area contributed by atoms with Gasteiger partial charge in [-0.3, -0.25) is 0 Å². The van der Waals surface area contributed by atoms with E-state index < -0.39 is 65.8 Å². The van der Waals surface area contributed by atoms with Crippen LogP contribution in [0.25, 0.3) is 0 Å². The van der Waals surface area contributed by atoms with E-state index in [9.17, 15) is 24.9 Å². The third-order valence-electron chi connectivity index (χ3n) is 5.60. The number of aliphatic hydroxyl groups excluding tert-OH is 1. The predicted octanol–water partition coefficient (Wildman–Crippen LogP) is -0.154. The Kier molecular flexibility index (Phi) is 5.07. The summed E-state index contributed by atoms with van der Waals surface area (Å²) in [6.45, 7) is -1.08. The summed E-state index contributed by atoms with van der Waals surface area (Å²) < 4.78 is 21.7. The molecule has 1 saturated carbocycles. The molecule has 11 heteroatoms. The average molecular weight is 431 g/mol. The molecule has 7 atom stereocenters. The van der Waals surface area contributed by atoms with Crippen LogP contribution < -0.4 is 0 Å². The number of aliphatic hydroxyl groups is 2. The zero-order valence-corrected chi connectivity index (χ0v) is 15.7. The number of phenolic OH excluding ortho intramolecular Hbond substituents is 2. The summed E-state index contributed by atoms with van der Waals surface area (Å²) in [5.41, 5.74) is -1.73. The number of hydrogen-bond donors (Lipinski definition) is 4. The fourth-order valence-electron chi connectivity index (χ4n) is 4.26. The van der Waals surface area contributed by atoms with Crippen molar-refractivity contribution in [3.63, 3.8) is 0 Å². The number of carbonyl (C=O) groups is 2. The van der Waals surface area contributed by atoms with Gasteiger partial charge in [0.15, 0.2) is 17.8 Å². The molecule has 10 nitrogen and oxygen atoms in total. The summed E-state index contributed by atoms with van der Waals surface area (Å²) in [6.07, 6.45) is -2.76. The molecule has 3 aliphatic heterocycles. The van der Waals surface area contributed by atoms with E-state index in [1.165, 1.54) is 6.07 Å². The Hall–Kier alpha value is -2.11. The number of phenols is 2. The maximum atomic E-state index is 12.6. The molecule has 4 fully saturated rings. The topological polar surface area (TPSA) is 152 Å². The number of halogens is 1. The minimum absolute atomic E-state index is 0.0173. The number of aromatic hydroxyl groups is 2. The molecular formula is C18H19ClO10. The Morgan fingerprint density at radius 2 is 2.00 bits per heavy atom. The van der Waals surface area contributed by atoms with Gasteiger partial charge in [0.2, 0.25) is 6.29 Å². The Morgan fingerprint density at radius 1 is 1.24 bits per heavy atom. The van der Waals surface area contributed by atoms with E-state index >= 15 is 0 Å². The van der Waals surface area contributed by atoms with Crippen molar-refractivity contribution in [3.8, 4) is 11.5 Å². The monoisotopic (exact) mass is 430 g/mol. The zero-order valence-electron chi connectivity index (χ0n) is 14.9. The molecular weight excluding hydrogens is 412 g/mol. The van der Waals surface area contributed by atoms with E-state index in [2.05, 4.69) is 0 Å². The third kappa shape index (κ3) is 3.30. The minimum Gasteiger partial charge on any atom is -0.504 e. The lowest BCUT2D eigenvalue weighted by atomic mass is 9.83. The molecule has 4 bridgehead atoms. The number of esters is 2. The van der Waals surface area contributed by atoms with Gasteiger partial charge in [-0.2, -0.15) is 0 Å². The maximum absolute atomic E-state index is 12.6. The second-order valence-corrected chi connectivity index (χ2v) is 7.75. The summed E-state index contributed by atoms with van der Waals surface area (Å²) in [5.74, 6) is -4.02. The van der Waals surface area contributed by atoms with Gasteiger partial charge in [-0.25, -0.2) is 9.59 Å². The van der Waals surface area contributed by atoms with Crippen LogP contribution in [0.2, 0.25) is 0 Å². The fraction of sp³-hybridized carbons (Fsp3) is 0.556. The van der Waals surface area contributed by atoms with Crippen LogP contribution in [0.4, 0.5) is 0 Å². The summed E-state index contributed by atoms with van der Waals surface area (Å²) in [7, 11) is 0. The van der Waals surface area contributed by atoms with Crippen molar-refractivity contribution in [2.45, 2.75) is 36.1 Å². The van der Waals surface area contributed by atoms with Gasteiger partial charge in [0.25, 0.3) is 0 Å². The molecule has 5 rings (SSSR count). The number of benzene rings is 1. The summed E-state index contributed by atoms with van der Waals surface area (Å²) in [6, 6.07) is 3.46. The Bertz CT molecular complexity index is 831. The molecule has 29 heavy (non-hydrogen) atoms. The lowest BCUT2D eigenvalue weighted by Gasteiger charge is -2.37. The molecule has 0 aromatic heterocycles. The van der Waals surface area contributed by atoms with Crippen LogP contribution in [-0.2, 0) is 23.7 Å². The second-order valence-electron chi connectivity index (χ2n) is 7.28. The number of carbonyl (C=O) groups excluding carboxylic acids is 2. The molecule has 4 aliphatic rings. The minimum atomic E-state index is -1.71. The first-order chi connectivity index (χ1) is 13.7. The standard InChI is InChI=1S/C18H19ClO10/c19-15-14(29-16(24)7-1-2-9(21)10(22)3-7)8-4-12-26-6-18(15,25)13(8)17(28-12)27-11(23)5-20/h1-3,8,12-15,17,20-22,25H,4-6H2/t8?,12-,13?,14+,15-,17-,18-/m1/s1. The van der Waals surface area contributed by atoms with Gasteiger partial charge < -0.3 is 39.4 Å². The van der Waals surface area contributed by atoms with Gasteiger partial charge in [-0.15, -0.1) is 11.6 Å². The van der Waals surface area contributed by atoms with Gasteiger partial charge in [-0.1, -0.05) is 0 Å². The number of fused-ring (bicyclic) bond motifs is 2. The van der Waals surface area contributed by atoms with Crippen molar-refractivity contribution >= 4 is 23.5 Å². The van der Waals surface area contributed by atoms with E-state index in [4.69, 9.17) is 35.7 Å². The van der Waals surface area contributed by atoms with Crippen molar-refractivity contribution < 1.29 is 49.0 Å². The molecule has 1 aliphatic carbocycles. The first kappa shape index (κ1) is 20.2. The molecule has 0 spiro atoms. The Morgan fingerprint density at radius 3 is 2.69 bits per heavy atom. The highest BCUT2D eigenvalue weighted by Gasteiger charge is 2.68. The van der Waals surface area contributed by atoms with E-state index in [0.29, 0.717) is 0 Å². The van der Waals surface area contributed by atoms with Crippen molar-refractivity contribution in [3.05, 3.63) is 23.8 Å². The van der Waals surface area contributed by atoms with Crippen molar-refractivity contribution in [2.75, 3.05) is 13.2 Å². The number of hydrogen-bond acceptors (Lipinski definition) is 10. The molecule has 4 N–H and O–H groups in total. The van der Waals surface area contributed by atoms with Crippen molar-refractivity contribution in [1.82, 2.24) is 0 Å². The van der Waals surface area contributed by atoms with Gasteiger partial charge in [0, 0.05) is 12.3 Å². The molecule has 0 amide bonds. The number of ether oxygens (including phenoxy) is 4. The molecule has 3 heterocycles. The van der Waals surface area contributed by atoms with Crippen molar-refractivity contribution in [2.24, 2.45) is 11.8 Å². The summed E-state index contributed by atoms with van der Waals surface area (Å²) in [5, 5.41) is 38.0. The molecule has 1 aromatic rings. The first-order valence-electron chi connectivity index (χ1n) is 8.91. The van der Waals surface area contributed by atoms with Crippen LogP contribution in [0, 0.1) is 11.8 Å². The lowest BCUT2D eigenvalue weighted by molar-refractivity contribution is -0.275. The smallest absolute Gasteiger partial charge is 0.338 e. The Labute approximate surface area is 169 Å². The summed E-state index contributed by atoms with van der Waals surface area (Å²) in [4.78, 5) is 24.1. The highest BCUT2D eigenvalue weighted by molar-refractivity contribution is 6.22. The maximum Gasteiger partial charge on any atom is 0.338 e. The average Bonchev–Trinajstić information content (AvgIpc) is 2.82. The third-order valence-corrected chi connectivity index (χ3v) is 6.23. The molecule has 2 unspecified atom stereocenters. The highest BCUT2D eigenvalue weighted by Crippen LogP contribution is 2.54. The first-order valence-corrected chi connectivity index (χ1v) is 9.35. The molecule has 158 valence electrons. The van der Waals surface area contributed by atoms with E-state index in [1.807, 2.05) is 0 Å². The van der Waals surface area contributed by atoms with Gasteiger partial charge >= 0.3 is 11.9 Å². The molecule has 0 radical (unpaired) electrons. The number of rotatable bonds is 4. The zero-order chi connectivity index (χ0) is 20.9. The van der Waals surface area contributed by atoms with Crippen molar-refractivity contribution in [1.29, 1.82) is 0 Å². The molecule has 3 saturated heterocycles. The van der Waals surface area contributed by atoms with Crippen LogP contribution in [0.1, 0.15) is 16.8 Å². The van der Waals surface area contributed by atoms with Gasteiger partial charge in [0.1, 0.15) is 23.7 Å². The van der Waals surface area contributed by atoms with Gasteiger partial charge in [0.05, 0.1) is 18.1 Å². The predicted molar refractivity (Wildman–Crippen MR) is 93.0 cm³/mol. The highest BCUT2D eigenvalue weighted by atomic mass is 35.5. The SMILES string of the molecule is O=C(CO)O[C@@H]1O[C@@H]2CC3C1[C@](O)(CO2)[C@H](Cl)[C@H]3OC(=O)c1ccc(O)c(O)c1. The lowest BCUT2D eigenvalue weighted by Crippen LogP contribution is -2.51. The van der Waals surface area contributed by atoms with Crippen LogP contribution in [0.5, 0.6) is 11.5 Å². The van der Waals surface area contributed by atoms with Gasteiger partial charge in [-0.05, 0) is 18.2 Å². The van der Waals surface area contributed by atoms with Crippen LogP contribution in [0.15, 0.2) is 18.2 Å². The normalized spacial score (nSPS) is 37.8. The largest absolute Gasteiger partial charge is 0.504 e. The number of alkyl halides is 1. The van der Waals surface area contributed by atoms with E-state index in [1.54, 1.807) is 0 Å². The van der Waals surface area contributed by atoms with Crippen LogP contribution in [-0.4, -0.2) is 75.2 Å². The summed E-state index contributed by atoms with van der Waals surface area (Å²) >= 11 is 6.47. The second kappa shape index (κ2) is 7.29. The van der Waals surface area contributed by atoms with E-state index in [-0.39, 0.29) is 24.3 Å². The quantitative estimate of drug-likeness (QED) is 0.288. The van der Waals surface area contributed by atoms with Crippen LogP contribution >= 0.6 is 11.6 Å². The Balaban J connectivity index is 1.60. The van der Waals surface area contributed by atoms with Crippen LogP contribution in [0.3, 0.4) is 0 Å².